The number of para-hydroxylation sites is 1. The molecule has 0 amide bonds. The van der Waals surface area contributed by atoms with Gasteiger partial charge in [0.05, 0.1) is 23.5 Å². The Morgan fingerprint density at radius 3 is 2.71 bits per heavy atom. The van der Waals surface area contributed by atoms with E-state index < -0.39 is 50.3 Å². The molecule has 2 aromatic heterocycles. The Labute approximate surface area is 236 Å². The van der Waals surface area contributed by atoms with E-state index in [4.69, 9.17) is 24.3 Å². The second kappa shape index (κ2) is 11.8. The topological polar surface area (TPSA) is 191 Å². The highest BCUT2D eigenvalue weighted by Crippen LogP contribution is 2.47. The van der Waals surface area contributed by atoms with Crippen LogP contribution in [0.3, 0.4) is 0 Å². The van der Waals surface area contributed by atoms with Gasteiger partial charge in [-0.05, 0) is 62.9 Å². The van der Waals surface area contributed by atoms with Gasteiger partial charge < -0.3 is 29.9 Å². The first-order valence-corrected chi connectivity index (χ1v) is 14.9. The number of carbonyl (C=O) groups is 1. The first kappa shape index (κ1) is 29.0. The molecular weight excluding hydrogens is 553 g/mol. The highest BCUT2D eigenvalue weighted by atomic mass is 31.2. The van der Waals surface area contributed by atoms with E-state index in [0.29, 0.717) is 11.2 Å². The van der Waals surface area contributed by atoms with Gasteiger partial charge in [0.15, 0.2) is 0 Å². The Balaban J connectivity index is 1.35. The number of nitrogens with two attached hydrogens (primary N) is 1. The number of nitrogens with one attached hydrogen (secondary N) is 1. The van der Waals surface area contributed by atoms with Crippen molar-refractivity contribution >= 4 is 24.9 Å². The van der Waals surface area contributed by atoms with Crippen LogP contribution in [0.15, 0.2) is 54.7 Å². The summed E-state index contributed by atoms with van der Waals surface area (Å²) in [6.45, 7) is 0.908. The van der Waals surface area contributed by atoms with E-state index >= 15 is 0 Å². The van der Waals surface area contributed by atoms with E-state index in [-0.39, 0.29) is 17.5 Å². The van der Waals surface area contributed by atoms with Gasteiger partial charge in [-0.25, -0.2) is 9.08 Å². The first-order valence-electron chi connectivity index (χ1n) is 13.3. The van der Waals surface area contributed by atoms with Crippen molar-refractivity contribution in [2.75, 3.05) is 12.3 Å². The number of hydrogen-bond donors (Lipinski definition) is 4. The van der Waals surface area contributed by atoms with Crippen LogP contribution in [0, 0.1) is 11.3 Å². The Hall–Kier alpha value is -3.50. The number of nitriles is 1. The van der Waals surface area contributed by atoms with E-state index in [1.165, 1.54) is 23.7 Å². The molecule has 1 aromatic carbocycles. The van der Waals surface area contributed by atoms with Gasteiger partial charge in [0.25, 0.3) is 0 Å². The standard InChI is InChI=1S/C27H32N5O8P/c1-17(26(35)38-18-7-5-6-8-18)31-41(36,40-19-9-3-2-4-10-19)37-15-22-24(33)25(34)27(16-28,39-22)23-12-11-21-20(29)13-14-30-32(21)23/h2-4,9-14,17-18,22,24-25,33-34H,5-8,15,29H2,1H3,(H,31,36)/t17-,22+,24+,25+,27-,41?/m0/s1. The molecule has 14 heteroatoms. The van der Waals surface area contributed by atoms with Crippen molar-refractivity contribution in [3.8, 4) is 11.8 Å². The number of hydrogen-bond acceptors (Lipinski definition) is 11. The van der Waals surface area contributed by atoms with Gasteiger partial charge in [0.1, 0.15) is 42.3 Å². The van der Waals surface area contributed by atoms with Gasteiger partial charge in [-0.2, -0.15) is 15.4 Å². The third kappa shape index (κ3) is 5.81. The number of carbonyl (C=O) groups excluding carboxylic acids is 1. The SMILES string of the molecule is C[C@H](NP(=O)(OC[C@H]1O[C@@](C#N)(c2ccc3c(N)ccnn23)[C@H](O)[C@@H]1O)Oc1ccccc1)C(=O)OC1CCCC1. The monoisotopic (exact) mass is 585 g/mol. The van der Waals surface area contributed by atoms with Gasteiger partial charge >= 0.3 is 13.7 Å². The van der Waals surface area contributed by atoms with E-state index in [2.05, 4.69) is 10.2 Å². The van der Waals surface area contributed by atoms with Crippen LogP contribution in [0.1, 0.15) is 38.3 Å². The number of benzene rings is 1. The summed E-state index contributed by atoms with van der Waals surface area (Å²) in [4.78, 5) is 12.7. The lowest BCUT2D eigenvalue weighted by Gasteiger charge is -2.26. The third-order valence-electron chi connectivity index (χ3n) is 7.26. The Bertz CT molecular complexity index is 1470. The van der Waals surface area contributed by atoms with E-state index in [0.717, 1.165) is 25.7 Å². The molecule has 6 atom stereocenters. The van der Waals surface area contributed by atoms with Crippen LogP contribution in [0.25, 0.3) is 5.52 Å². The van der Waals surface area contributed by atoms with Crippen LogP contribution in [-0.2, 0) is 29.0 Å². The highest BCUT2D eigenvalue weighted by molar-refractivity contribution is 7.52. The molecule has 2 aliphatic rings. The average Bonchev–Trinajstić information content (AvgIpc) is 3.69. The van der Waals surface area contributed by atoms with Crippen LogP contribution in [0.2, 0.25) is 0 Å². The fourth-order valence-electron chi connectivity index (χ4n) is 5.08. The van der Waals surface area contributed by atoms with E-state index in [9.17, 15) is 24.8 Å². The molecule has 5 rings (SSSR count). The minimum atomic E-state index is -4.29. The average molecular weight is 586 g/mol. The maximum atomic E-state index is 13.9. The molecule has 0 bridgehead atoms. The zero-order valence-electron chi connectivity index (χ0n) is 22.3. The minimum Gasteiger partial charge on any atom is -0.461 e. The number of nitrogens with zero attached hydrogens (tertiary/aromatic N) is 3. The van der Waals surface area contributed by atoms with Crippen LogP contribution < -0.4 is 15.3 Å². The summed E-state index contributed by atoms with van der Waals surface area (Å²) in [6, 6.07) is 13.8. The maximum absolute atomic E-state index is 13.9. The molecule has 0 spiro atoms. The molecule has 5 N–H and O–H groups in total. The number of esters is 1. The molecule has 218 valence electrons. The summed E-state index contributed by atoms with van der Waals surface area (Å²) in [6.07, 6.45) is 0.0730. The van der Waals surface area contributed by atoms with Crippen molar-refractivity contribution in [2.45, 2.75) is 68.7 Å². The summed E-state index contributed by atoms with van der Waals surface area (Å²) in [5.74, 6) is -0.414. The molecule has 1 saturated heterocycles. The fourth-order valence-corrected chi connectivity index (χ4v) is 6.58. The first-order chi connectivity index (χ1) is 19.7. The smallest absolute Gasteiger partial charge is 0.459 e. The van der Waals surface area contributed by atoms with Crippen LogP contribution in [0.4, 0.5) is 5.69 Å². The van der Waals surface area contributed by atoms with Gasteiger partial charge in [0.2, 0.25) is 5.60 Å². The molecule has 3 heterocycles. The summed E-state index contributed by atoms with van der Waals surface area (Å²) in [5.41, 5.74) is 4.97. The Morgan fingerprint density at radius 2 is 2.00 bits per heavy atom. The van der Waals surface area contributed by atoms with Crippen molar-refractivity contribution < 1.29 is 38.1 Å². The normalized spacial score (nSPS) is 26.8. The summed E-state index contributed by atoms with van der Waals surface area (Å²) in [7, 11) is -4.29. The van der Waals surface area contributed by atoms with Crippen molar-refractivity contribution in [2.24, 2.45) is 0 Å². The number of fused-ring (bicyclic) bond motifs is 1. The molecular formula is C27H32N5O8P. The summed E-state index contributed by atoms with van der Waals surface area (Å²) in [5, 5.41) is 38.8. The van der Waals surface area contributed by atoms with Crippen LogP contribution >= 0.6 is 7.75 Å². The van der Waals surface area contributed by atoms with Crippen molar-refractivity contribution in [1.29, 1.82) is 5.26 Å². The number of aliphatic hydroxyl groups excluding tert-OH is 2. The number of ether oxygens (including phenoxy) is 2. The molecule has 1 aliphatic heterocycles. The largest absolute Gasteiger partial charge is 0.461 e. The van der Waals surface area contributed by atoms with Gasteiger partial charge in [0, 0.05) is 6.20 Å². The lowest BCUT2D eigenvalue weighted by molar-refractivity contribution is -0.150. The van der Waals surface area contributed by atoms with Crippen LogP contribution in [0.5, 0.6) is 5.75 Å². The van der Waals surface area contributed by atoms with Crippen LogP contribution in [-0.4, -0.2) is 62.9 Å². The number of rotatable bonds is 10. The highest BCUT2D eigenvalue weighted by Gasteiger charge is 2.58. The number of aromatic nitrogens is 2. The molecule has 1 aliphatic carbocycles. The second-order valence-corrected chi connectivity index (χ2v) is 11.8. The Kier molecular flexibility index (Phi) is 8.33. The zero-order chi connectivity index (χ0) is 29.2. The molecule has 1 saturated carbocycles. The predicted octanol–water partition coefficient (Wildman–Crippen LogP) is 2.42. The second-order valence-electron chi connectivity index (χ2n) is 10.1. The van der Waals surface area contributed by atoms with Gasteiger partial charge in [-0.3, -0.25) is 9.32 Å². The third-order valence-corrected chi connectivity index (χ3v) is 8.90. The molecule has 0 radical (unpaired) electrons. The summed E-state index contributed by atoms with van der Waals surface area (Å²) >= 11 is 0. The zero-order valence-corrected chi connectivity index (χ0v) is 23.2. The van der Waals surface area contributed by atoms with Crippen molar-refractivity contribution in [3.63, 3.8) is 0 Å². The molecule has 13 nitrogen and oxygen atoms in total. The predicted molar refractivity (Wildman–Crippen MR) is 145 cm³/mol. The van der Waals surface area contributed by atoms with E-state index in [1.807, 2.05) is 6.07 Å². The van der Waals surface area contributed by atoms with Crippen molar-refractivity contribution in [1.82, 2.24) is 14.7 Å². The fraction of sp³-hybridized carbons (Fsp3) is 0.444. The van der Waals surface area contributed by atoms with Crippen molar-refractivity contribution in [3.05, 3.63) is 60.4 Å². The molecule has 41 heavy (non-hydrogen) atoms. The maximum Gasteiger partial charge on any atom is 0.459 e. The minimum absolute atomic E-state index is 0.140. The lowest BCUT2D eigenvalue weighted by atomic mass is 9.92. The van der Waals surface area contributed by atoms with Gasteiger partial charge in [-0.15, -0.1) is 0 Å². The lowest BCUT2D eigenvalue weighted by Crippen LogP contribution is -2.41. The molecule has 3 aromatic rings. The quantitative estimate of drug-likeness (QED) is 0.201. The molecule has 1 unspecified atom stereocenters. The Morgan fingerprint density at radius 1 is 1.27 bits per heavy atom. The molecule has 2 fully saturated rings. The summed E-state index contributed by atoms with van der Waals surface area (Å²) < 4.78 is 38.0. The van der Waals surface area contributed by atoms with E-state index in [1.54, 1.807) is 42.5 Å². The van der Waals surface area contributed by atoms with Gasteiger partial charge in [-0.1, -0.05) is 18.2 Å². The number of nitrogen functional groups attached to an aromatic ring is 1. The number of anilines is 1. The number of aliphatic hydroxyl groups is 2.